The number of anilines is 2. The molecule has 242 valence electrons. The molecule has 3 heterocycles. The minimum Gasteiger partial charge on any atom is -0.481 e. The summed E-state index contributed by atoms with van der Waals surface area (Å²) in [6, 6.07) is 9.23. The molecular weight excluding hydrogens is 583 g/mol. The molecule has 0 saturated carbocycles. The molecule has 2 fully saturated rings. The third kappa shape index (κ3) is 6.73. The fraction of sp³-hybridized carbons (Fsp3) is 0.500. The van der Waals surface area contributed by atoms with Crippen LogP contribution in [0.1, 0.15) is 76.0 Å². The lowest BCUT2D eigenvalue weighted by atomic mass is 9.85. The Balaban J connectivity index is 1.42. The van der Waals surface area contributed by atoms with Gasteiger partial charge in [0.1, 0.15) is 11.6 Å². The number of likely N-dealkylation sites (tertiary alicyclic amines) is 1. The van der Waals surface area contributed by atoms with Gasteiger partial charge in [0.05, 0.1) is 12.5 Å². The summed E-state index contributed by atoms with van der Waals surface area (Å²) >= 11 is 0. The third-order valence-corrected chi connectivity index (χ3v) is 9.28. The number of aromatic nitrogens is 2. The molecule has 1 aromatic heterocycles. The van der Waals surface area contributed by atoms with Crippen molar-refractivity contribution in [1.29, 1.82) is 0 Å². The second-order valence-electron chi connectivity index (χ2n) is 13.6. The fourth-order valence-corrected chi connectivity index (χ4v) is 6.37. The topological polar surface area (TPSA) is 90.7 Å². The van der Waals surface area contributed by atoms with Crippen LogP contribution in [0, 0.1) is 17.6 Å². The molecule has 5 rings (SSSR count). The van der Waals surface area contributed by atoms with Crippen molar-refractivity contribution in [3.05, 3.63) is 77.1 Å². The van der Waals surface area contributed by atoms with Crippen molar-refractivity contribution in [2.45, 2.75) is 77.0 Å². The van der Waals surface area contributed by atoms with E-state index in [0.29, 0.717) is 38.5 Å². The van der Waals surface area contributed by atoms with Gasteiger partial charge in [-0.1, -0.05) is 32.0 Å². The first kappa shape index (κ1) is 32.5. The Morgan fingerprint density at radius 3 is 2.44 bits per heavy atom. The van der Waals surface area contributed by atoms with Crippen LogP contribution in [0.4, 0.5) is 24.8 Å². The van der Waals surface area contributed by atoms with Gasteiger partial charge in [-0.3, -0.25) is 19.8 Å². The lowest BCUT2D eigenvalue weighted by molar-refractivity contribution is -0.142. The molecule has 1 amide bonds. The molecule has 0 radical (unpaired) electrons. The Kier molecular flexibility index (Phi) is 9.04. The van der Waals surface area contributed by atoms with Gasteiger partial charge in [-0.15, -0.1) is 0 Å². The van der Waals surface area contributed by atoms with Crippen molar-refractivity contribution in [2.75, 3.05) is 36.4 Å². The van der Waals surface area contributed by atoms with E-state index >= 15 is 4.39 Å². The first-order chi connectivity index (χ1) is 21.2. The Morgan fingerprint density at radius 1 is 1.11 bits per heavy atom. The zero-order valence-electron chi connectivity index (χ0n) is 26.5. The number of carboxylic acid groups (broad SMARTS) is 1. The Bertz CT molecular complexity index is 1560. The van der Waals surface area contributed by atoms with E-state index in [1.807, 2.05) is 26.8 Å². The Hall–Kier alpha value is -3.86. The first-order valence-corrected chi connectivity index (χ1v) is 15.5. The van der Waals surface area contributed by atoms with Crippen LogP contribution >= 0.6 is 0 Å². The van der Waals surface area contributed by atoms with Crippen LogP contribution in [0.25, 0.3) is 0 Å². The molecule has 3 aromatic rings. The largest absolute Gasteiger partial charge is 0.481 e. The maximum atomic E-state index is 17.0. The van der Waals surface area contributed by atoms with Crippen molar-refractivity contribution >= 4 is 23.5 Å². The number of benzene rings is 2. The highest BCUT2D eigenvalue weighted by atomic mass is 19.1. The minimum atomic E-state index is -2.51. The molecule has 2 aliphatic rings. The number of piperidine rings is 1. The summed E-state index contributed by atoms with van der Waals surface area (Å²) in [5.41, 5.74) is 0.0197. The number of halogens is 3. The molecule has 11 heteroatoms. The molecule has 2 aromatic carbocycles. The number of nitrogens with zero attached hydrogens (tertiary/aromatic N) is 4. The summed E-state index contributed by atoms with van der Waals surface area (Å²) in [7, 11) is 0. The molecule has 8 nitrogen and oxygen atoms in total. The minimum absolute atomic E-state index is 0.0503. The zero-order chi connectivity index (χ0) is 32.7. The molecular formula is C34H42F3N5O3. The van der Waals surface area contributed by atoms with E-state index < -0.39 is 40.6 Å². The summed E-state index contributed by atoms with van der Waals surface area (Å²) in [6.07, 6.45) is 4.32. The van der Waals surface area contributed by atoms with Crippen LogP contribution in [0.2, 0.25) is 0 Å². The third-order valence-electron chi connectivity index (χ3n) is 9.28. The van der Waals surface area contributed by atoms with Crippen molar-refractivity contribution in [3.8, 4) is 0 Å². The molecule has 0 spiro atoms. The van der Waals surface area contributed by atoms with Crippen molar-refractivity contribution in [2.24, 2.45) is 5.92 Å². The highest BCUT2D eigenvalue weighted by Gasteiger charge is 2.56. The Labute approximate surface area is 262 Å². The van der Waals surface area contributed by atoms with Gasteiger partial charge < -0.3 is 14.6 Å². The average molecular weight is 626 g/mol. The molecule has 0 bridgehead atoms. The summed E-state index contributed by atoms with van der Waals surface area (Å²) in [5.74, 6) is -4.47. The summed E-state index contributed by atoms with van der Waals surface area (Å²) in [4.78, 5) is 33.6. The van der Waals surface area contributed by atoms with Gasteiger partial charge in [0, 0.05) is 61.8 Å². The van der Waals surface area contributed by atoms with Gasteiger partial charge in [0.25, 0.3) is 5.91 Å². The predicted octanol–water partition coefficient (Wildman–Crippen LogP) is 6.18. The lowest BCUT2D eigenvalue weighted by Crippen LogP contribution is -2.47. The number of carboxylic acids is 1. The number of imidazole rings is 1. The lowest BCUT2D eigenvalue weighted by Gasteiger charge is -2.34. The predicted molar refractivity (Wildman–Crippen MR) is 167 cm³/mol. The molecule has 2 aliphatic heterocycles. The zero-order valence-corrected chi connectivity index (χ0v) is 26.5. The van der Waals surface area contributed by atoms with Crippen LogP contribution in [-0.4, -0.2) is 68.8 Å². The maximum absolute atomic E-state index is 17.0. The fourth-order valence-electron chi connectivity index (χ4n) is 6.37. The number of hydrogen-bond donors (Lipinski definition) is 2. The first-order valence-electron chi connectivity index (χ1n) is 15.5. The number of amides is 1. The number of nitrogens with one attached hydrogen (secondary N) is 1. The Morgan fingerprint density at radius 2 is 1.82 bits per heavy atom. The molecule has 2 saturated heterocycles. The monoisotopic (exact) mass is 625 g/mol. The van der Waals surface area contributed by atoms with Crippen LogP contribution < -0.4 is 10.2 Å². The molecule has 2 N–H and O–H groups in total. The van der Waals surface area contributed by atoms with Crippen LogP contribution in [0.15, 0.2) is 48.8 Å². The number of carbonyl (C=O) groups excluding carboxylic acids is 1. The van der Waals surface area contributed by atoms with E-state index in [2.05, 4.69) is 41.2 Å². The normalized spacial score (nSPS) is 21.4. The van der Waals surface area contributed by atoms with Gasteiger partial charge in [-0.25, -0.2) is 18.2 Å². The van der Waals surface area contributed by atoms with Gasteiger partial charge in [-0.05, 0) is 68.4 Å². The van der Waals surface area contributed by atoms with E-state index in [4.69, 9.17) is 0 Å². The number of carbonyl (C=O) groups is 2. The van der Waals surface area contributed by atoms with E-state index in [0.717, 1.165) is 22.9 Å². The SMILES string of the molecule is CC(C)c1ccc(Cn2ccnc2NC(=O)[C@]2(F)CN(C(C)(C)C)C[C@H]2c2ccc(F)cc2F)c(N2CCC(C(=O)O)CC2)c1. The second kappa shape index (κ2) is 12.5. The van der Waals surface area contributed by atoms with Crippen molar-refractivity contribution in [3.63, 3.8) is 0 Å². The standard InChI is InChI=1S/C34H42F3N5O3/c1-21(2)23-6-7-24(29(16-23)40-13-10-22(11-14-40)30(43)44)18-41-15-12-38-32(41)39-31(45)34(37)20-42(33(3,4)5)19-27(34)26-9-8-25(35)17-28(26)36/h6-9,12,15-17,21-22,27H,10-11,13-14,18-20H2,1-5H3,(H,43,44)(H,38,39,45)/t27-,34-/m0/s1. The van der Waals surface area contributed by atoms with Crippen LogP contribution in [0.3, 0.4) is 0 Å². The van der Waals surface area contributed by atoms with E-state index in [1.165, 1.54) is 12.3 Å². The molecule has 0 unspecified atom stereocenters. The number of aliphatic carboxylic acids is 1. The second-order valence-corrected chi connectivity index (χ2v) is 13.6. The van der Waals surface area contributed by atoms with Crippen LogP contribution in [-0.2, 0) is 16.1 Å². The summed E-state index contributed by atoms with van der Waals surface area (Å²) < 4.78 is 47.4. The van der Waals surface area contributed by atoms with E-state index in [1.54, 1.807) is 15.7 Å². The highest BCUT2D eigenvalue weighted by Crippen LogP contribution is 2.43. The number of alkyl halides is 1. The quantitative estimate of drug-likeness (QED) is 0.311. The smallest absolute Gasteiger partial charge is 0.306 e. The maximum Gasteiger partial charge on any atom is 0.306 e. The summed E-state index contributed by atoms with van der Waals surface area (Å²) in [6.45, 7) is 11.3. The van der Waals surface area contributed by atoms with Crippen molar-refractivity contribution in [1.82, 2.24) is 14.5 Å². The molecule has 0 aliphatic carbocycles. The molecule has 45 heavy (non-hydrogen) atoms. The average Bonchev–Trinajstić information content (AvgIpc) is 3.57. The van der Waals surface area contributed by atoms with Crippen molar-refractivity contribution < 1.29 is 27.9 Å². The van der Waals surface area contributed by atoms with Crippen LogP contribution in [0.5, 0.6) is 0 Å². The number of rotatable bonds is 8. The highest BCUT2D eigenvalue weighted by molar-refractivity contribution is 5.97. The van der Waals surface area contributed by atoms with E-state index in [-0.39, 0.29) is 36.4 Å². The number of hydrogen-bond acceptors (Lipinski definition) is 5. The van der Waals surface area contributed by atoms with Gasteiger partial charge in [0.15, 0.2) is 0 Å². The van der Waals surface area contributed by atoms with Gasteiger partial charge >= 0.3 is 5.97 Å². The van der Waals surface area contributed by atoms with Gasteiger partial charge in [-0.2, -0.15) is 0 Å². The van der Waals surface area contributed by atoms with Gasteiger partial charge in [0.2, 0.25) is 11.6 Å². The van der Waals surface area contributed by atoms with E-state index in [9.17, 15) is 23.5 Å². The molecule has 2 atom stereocenters. The summed E-state index contributed by atoms with van der Waals surface area (Å²) in [5, 5.41) is 12.1.